The molecule has 0 saturated carbocycles. The standard InChI is InChI=1S/C26H24FN3O3/c27-21-8-2-3-9-23(21)29-26(32)28-22-10-5-6-17-16-30(14-12-18(17)22)25(31)20-13-15-33-24-11-4-1-7-19(20)24/h1-11,20H,12-16H2,(H2,28,29,32). The number of nitrogens with zero attached hydrogens (tertiary/aromatic N) is 1. The Morgan fingerprint density at radius 3 is 2.58 bits per heavy atom. The number of amides is 3. The van der Waals surface area contributed by atoms with Gasteiger partial charge in [-0.1, -0.05) is 42.5 Å². The zero-order valence-electron chi connectivity index (χ0n) is 18.0. The Bertz CT molecular complexity index is 1210. The first-order valence-corrected chi connectivity index (χ1v) is 11.0. The Kier molecular flexibility index (Phi) is 5.69. The lowest BCUT2D eigenvalue weighted by Crippen LogP contribution is -2.40. The number of hydrogen-bond donors (Lipinski definition) is 2. The van der Waals surface area contributed by atoms with Gasteiger partial charge in [0.1, 0.15) is 11.6 Å². The molecule has 33 heavy (non-hydrogen) atoms. The van der Waals surface area contributed by atoms with Crippen LogP contribution in [0.3, 0.4) is 0 Å². The van der Waals surface area contributed by atoms with Crippen LogP contribution in [0.5, 0.6) is 5.75 Å². The monoisotopic (exact) mass is 445 g/mol. The van der Waals surface area contributed by atoms with Gasteiger partial charge in [0.2, 0.25) is 5.91 Å². The van der Waals surface area contributed by atoms with Gasteiger partial charge in [0, 0.05) is 24.3 Å². The SMILES string of the molecule is O=C(Nc1ccccc1F)Nc1cccc2c1CCN(C(=O)C1CCOc3ccccc31)C2. The van der Waals surface area contributed by atoms with Crippen LogP contribution in [0, 0.1) is 5.82 Å². The maximum absolute atomic E-state index is 13.8. The molecule has 0 aromatic heterocycles. The summed E-state index contributed by atoms with van der Waals surface area (Å²) in [7, 11) is 0. The zero-order chi connectivity index (χ0) is 22.8. The summed E-state index contributed by atoms with van der Waals surface area (Å²) < 4.78 is 19.5. The topological polar surface area (TPSA) is 70.7 Å². The molecule has 0 aliphatic carbocycles. The van der Waals surface area contributed by atoms with Crippen LogP contribution in [-0.2, 0) is 17.8 Å². The van der Waals surface area contributed by atoms with E-state index in [0.29, 0.717) is 38.2 Å². The maximum atomic E-state index is 13.8. The van der Waals surface area contributed by atoms with E-state index >= 15 is 0 Å². The Morgan fingerprint density at radius 1 is 0.939 bits per heavy atom. The lowest BCUT2D eigenvalue weighted by Gasteiger charge is -2.34. The second-order valence-corrected chi connectivity index (χ2v) is 8.24. The van der Waals surface area contributed by atoms with Gasteiger partial charge in [-0.15, -0.1) is 0 Å². The van der Waals surface area contributed by atoms with E-state index in [9.17, 15) is 14.0 Å². The number of para-hydroxylation sites is 2. The van der Waals surface area contributed by atoms with Crippen LogP contribution in [-0.4, -0.2) is 30.0 Å². The molecular formula is C26H24FN3O3. The minimum absolute atomic E-state index is 0.104. The molecule has 1 unspecified atom stereocenters. The minimum Gasteiger partial charge on any atom is -0.493 e. The highest BCUT2D eigenvalue weighted by molar-refractivity contribution is 6.00. The van der Waals surface area contributed by atoms with Crippen molar-refractivity contribution in [3.63, 3.8) is 0 Å². The summed E-state index contributed by atoms with van der Waals surface area (Å²) in [5, 5.41) is 5.37. The molecule has 7 heteroatoms. The maximum Gasteiger partial charge on any atom is 0.323 e. The molecule has 168 valence electrons. The lowest BCUT2D eigenvalue weighted by molar-refractivity contribution is -0.134. The third kappa shape index (κ3) is 4.26. The summed E-state index contributed by atoms with van der Waals surface area (Å²) in [6, 6.07) is 18.9. The molecule has 5 rings (SSSR count). The van der Waals surface area contributed by atoms with Crippen LogP contribution in [0.2, 0.25) is 0 Å². The Balaban J connectivity index is 1.30. The smallest absolute Gasteiger partial charge is 0.323 e. The van der Waals surface area contributed by atoms with Gasteiger partial charge in [-0.2, -0.15) is 0 Å². The lowest BCUT2D eigenvalue weighted by atomic mass is 9.90. The van der Waals surface area contributed by atoms with Gasteiger partial charge in [-0.25, -0.2) is 9.18 Å². The molecular weight excluding hydrogens is 421 g/mol. The van der Waals surface area contributed by atoms with Crippen LogP contribution < -0.4 is 15.4 Å². The normalized spacial score (nSPS) is 16.8. The Morgan fingerprint density at radius 2 is 1.70 bits per heavy atom. The average Bonchev–Trinajstić information content (AvgIpc) is 2.84. The number of hydrogen-bond acceptors (Lipinski definition) is 3. The number of rotatable bonds is 3. The molecule has 3 amide bonds. The molecule has 3 aromatic rings. The van der Waals surface area contributed by atoms with E-state index in [1.54, 1.807) is 12.1 Å². The first-order chi connectivity index (χ1) is 16.1. The first kappa shape index (κ1) is 21.0. The van der Waals surface area contributed by atoms with E-state index in [1.807, 2.05) is 47.4 Å². The molecule has 1 atom stereocenters. The highest BCUT2D eigenvalue weighted by atomic mass is 19.1. The van der Waals surface area contributed by atoms with Crippen molar-refractivity contribution < 1.29 is 18.7 Å². The number of fused-ring (bicyclic) bond motifs is 2. The van der Waals surface area contributed by atoms with E-state index in [-0.39, 0.29) is 17.5 Å². The number of benzene rings is 3. The predicted molar refractivity (Wildman–Crippen MR) is 124 cm³/mol. The van der Waals surface area contributed by atoms with E-state index in [4.69, 9.17) is 4.74 Å². The van der Waals surface area contributed by atoms with Crippen molar-refractivity contribution in [3.05, 3.63) is 89.2 Å². The van der Waals surface area contributed by atoms with E-state index in [2.05, 4.69) is 10.6 Å². The molecule has 6 nitrogen and oxygen atoms in total. The Hall–Kier alpha value is -3.87. The van der Waals surface area contributed by atoms with Crippen LogP contribution in [0.15, 0.2) is 66.7 Å². The highest BCUT2D eigenvalue weighted by Crippen LogP contribution is 2.36. The number of urea groups is 1. The van der Waals surface area contributed by atoms with Crippen molar-refractivity contribution in [2.45, 2.75) is 25.3 Å². The van der Waals surface area contributed by atoms with Gasteiger partial charge in [-0.3, -0.25) is 4.79 Å². The highest BCUT2D eigenvalue weighted by Gasteiger charge is 2.32. The molecule has 2 aliphatic heterocycles. The number of halogens is 1. The molecule has 2 heterocycles. The summed E-state index contributed by atoms with van der Waals surface area (Å²) in [6.45, 7) is 1.58. The first-order valence-electron chi connectivity index (χ1n) is 11.0. The van der Waals surface area contributed by atoms with E-state index in [0.717, 1.165) is 22.4 Å². The molecule has 3 aromatic carbocycles. The van der Waals surface area contributed by atoms with Crippen molar-refractivity contribution in [1.29, 1.82) is 0 Å². The number of carbonyl (C=O) groups is 2. The average molecular weight is 445 g/mol. The van der Waals surface area contributed by atoms with E-state index in [1.165, 1.54) is 12.1 Å². The van der Waals surface area contributed by atoms with Gasteiger partial charge in [-0.05, 0) is 48.2 Å². The van der Waals surface area contributed by atoms with Crippen molar-refractivity contribution in [1.82, 2.24) is 4.90 Å². The molecule has 0 radical (unpaired) electrons. The van der Waals surface area contributed by atoms with Crippen LogP contribution in [0.25, 0.3) is 0 Å². The van der Waals surface area contributed by atoms with Crippen molar-refractivity contribution >= 4 is 23.3 Å². The summed E-state index contributed by atoms with van der Waals surface area (Å²) in [4.78, 5) is 27.7. The largest absolute Gasteiger partial charge is 0.493 e. The van der Waals surface area contributed by atoms with Gasteiger partial charge in [0.25, 0.3) is 0 Å². The fraction of sp³-hybridized carbons (Fsp3) is 0.231. The number of anilines is 2. The quantitative estimate of drug-likeness (QED) is 0.601. The second kappa shape index (κ2) is 8.94. The van der Waals surface area contributed by atoms with Crippen LogP contribution >= 0.6 is 0 Å². The molecule has 0 fully saturated rings. The van der Waals surface area contributed by atoms with Crippen molar-refractivity contribution in [2.24, 2.45) is 0 Å². The predicted octanol–water partition coefficient (Wildman–Crippen LogP) is 4.92. The zero-order valence-corrected chi connectivity index (χ0v) is 18.0. The Labute approximate surface area is 191 Å². The summed E-state index contributed by atoms with van der Waals surface area (Å²) >= 11 is 0. The third-order valence-electron chi connectivity index (χ3n) is 6.20. The van der Waals surface area contributed by atoms with Gasteiger partial charge >= 0.3 is 6.03 Å². The van der Waals surface area contributed by atoms with Gasteiger partial charge < -0.3 is 20.3 Å². The summed E-state index contributed by atoms with van der Waals surface area (Å²) in [6.07, 6.45) is 1.29. The van der Waals surface area contributed by atoms with E-state index < -0.39 is 11.8 Å². The van der Waals surface area contributed by atoms with Crippen molar-refractivity contribution in [3.8, 4) is 5.75 Å². The molecule has 2 N–H and O–H groups in total. The van der Waals surface area contributed by atoms with Gasteiger partial charge in [0.15, 0.2) is 0 Å². The molecule has 0 bridgehead atoms. The molecule has 0 spiro atoms. The van der Waals surface area contributed by atoms with Crippen molar-refractivity contribution in [2.75, 3.05) is 23.8 Å². The summed E-state index contributed by atoms with van der Waals surface area (Å²) in [5.74, 6) is 0.190. The summed E-state index contributed by atoms with van der Waals surface area (Å²) in [5.41, 5.74) is 3.73. The third-order valence-corrected chi connectivity index (χ3v) is 6.20. The second-order valence-electron chi connectivity index (χ2n) is 8.24. The van der Waals surface area contributed by atoms with Gasteiger partial charge in [0.05, 0.1) is 18.2 Å². The van der Waals surface area contributed by atoms with Crippen LogP contribution in [0.4, 0.5) is 20.6 Å². The fourth-order valence-corrected chi connectivity index (χ4v) is 4.57. The molecule has 0 saturated heterocycles. The molecule has 2 aliphatic rings. The number of carbonyl (C=O) groups excluding carboxylic acids is 2. The fourth-order valence-electron chi connectivity index (χ4n) is 4.57. The minimum atomic E-state index is -0.509. The number of ether oxygens (including phenoxy) is 1. The number of nitrogens with one attached hydrogen (secondary N) is 2. The van der Waals surface area contributed by atoms with Crippen LogP contribution in [0.1, 0.15) is 29.0 Å².